The molecule has 54 valence electrons. The largest absolute Gasteiger partial charge is 0.324 e. The predicted octanol–water partition coefficient (Wildman–Crippen LogP) is -0.463. The van der Waals surface area contributed by atoms with E-state index in [9.17, 15) is 4.79 Å². The van der Waals surface area contributed by atoms with E-state index in [2.05, 4.69) is 9.97 Å². The van der Waals surface area contributed by atoms with E-state index in [1.54, 1.807) is 6.92 Å². The summed E-state index contributed by atoms with van der Waals surface area (Å²) in [6.45, 7) is 2.03. The maximum atomic E-state index is 10.7. The van der Waals surface area contributed by atoms with Gasteiger partial charge in [0.25, 0.3) is 5.56 Å². The molecule has 1 rings (SSSR count). The van der Waals surface area contributed by atoms with Crippen molar-refractivity contribution in [2.45, 2.75) is 13.5 Å². The quantitative estimate of drug-likeness (QED) is 0.552. The van der Waals surface area contributed by atoms with Crippen LogP contribution < -0.4 is 11.3 Å². The van der Waals surface area contributed by atoms with Crippen LogP contribution >= 0.6 is 0 Å². The lowest BCUT2D eigenvalue weighted by atomic mass is 10.4. The van der Waals surface area contributed by atoms with Gasteiger partial charge in [0, 0.05) is 11.8 Å². The molecular weight excluding hydrogens is 130 g/mol. The van der Waals surface area contributed by atoms with Gasteiger partial charge in [-0.2, -0.15) is 0 Å². The zero-order valence-electron chi connectivity index (χ0n) is 5.72. The summed E-state index contributed by atoms with van der Waals surface area (Å²) in [5.74, 6) is 0.532. The lowest BCUT2D eigenvalue weighted by Crippen LogP contribution is -2.13. The lowest BCUT2D eigenvalue weighted by Gasteiger charge is -1.95. The van der Waals surface area contributed by atoms with Crippen LogP contribution in [0.25, 0.3) is 0 Å². The Labute approximate surface area is 58.1 Å². The molecule has 4 nitrogen and oxygen atoms in total. The summed E-state index contributed by atoms with van der Waals surface area (Å²) < 4.78 is 0. The number of hydrogen-bond donors (Lipinski definition) is 2. The number of aromatic nitrogens is 2. The number of H-pyrrole nitrogens is 1. The number of aryl methyl sites for hydroxylation is 1. The number of nitrogens with one attached hydrogen (secondary N) is 1. The van der Waals surface area contributed by atoms with Gasteiger partial charge >= 0.3 is 0 Å². The molecule has 10 heavy (non-hydrogen) atoms. The van der Waals surface area contributed by atoms with Crippen molar-refractivity contribution in [3.63, 3.8) is 0 Å². The normalized spacial score (nSPS) is 9.80. The molecule has 0 saturated carbocycles. The van der Waals surface area contributed by atoms with Gasteiger partial charge < -0.3 is 10.7 Å². The summed E-state index contributed by atoms with van der Waals surface area (Å²) in [7, 11) is 0. The van der Waals surface area contributed by atoms with E-state index in [4.69, 9.17) is 5.73 Å². The highest BCUT2D eigenvalue weighted by atomic mass is 16.1. The maximum absolute atomic E-state index is 10.7. The standard InChI is InChI=1S/C6H9N3O/c1-4-2-6(10)9-5(3-7)8-4/h2H,3,7H2,1H3,(H,8,9,10). The zero-order chi connectivity index (χ0) is 7.56. The topological polar surface area (TPSA) is 71.8 Å². The third-order valence-electron chi connectivity index (χ3n) is 1.11. The molecule has 0 atom stereocenters. The van der Waals surface area contributed by atoms with E-state index in [0.29, 0.717) is 11.5 Å². The van der Waals surface area contributed by atoms with Crippen molar-refractivity contribution in [3.05, 3.63) is 27.9 Å². The Balaban J connectivity index is 3.19. The van der Waals surface area contributed by atoms with Gasteiger partial charge in [0.15, 0.2) is 0 Å². The van der Waals surface area contributed by atoms with Crippen molar-refractivity contribution in [3.8, 4) is 0 Å². The lowest BCUT2D eigenvalue weighted by molar-refractivity contribution is 0.875. The van der Waals surface area contributed by atoms with Gasteiger partial charge in [-0.3, -0.25) is 4.79 Å². The summed E-state index contributed by atoms with van der Waals surface area (Å²) in [5.41, 5.74) is 5.81. The van der Waals surface area contributed by atoms with Crippen LogP contribution in [-0.4, -0.2) is 9.97 Å². The smallest absolute Gasteiger partial charge is 0.251 e. The Bertz CT molecular complexity index is 279. The molecule has 0 bridgehead atoms. The van der Waals surface area contributed by atoms with Crippen molar-refractivity contribution in [2.75, 3.05) is 0 Å². The molecule has 4 heteroatoms. The van der Waals surface area contributed by atoms with Gasteiger partial charge in [-0.1, -0.05) is 0 Å². The van der Waals surface area contributed by atoms with Crippen LogP contribution in [0.15, 0.2) is 10.9 Å². The maximum Gasteiger partial charge on any atom is 0.251 e. The highest BCUT2D eigenvalue weighted by molar-refractivity contribution is 4.99. The average Bonchev–Trinajstić information content (AvgIpc) is 1.85. The van der Waals surface area contributed by atoms with Gasteiger partial charge in [0.05, 0.1) is 6.54 Å². The molecule has 0 aromatic carbocycles. The van der Waals surface area contributed by atoms with Crippen molar-refractivity contribution in [1.29, 1.82) is 0 Å². The molecule has 0 aliphatic rings. The highest BCUT2D eigenvalue weighted by Gasteiger charge is 1.92. The van der Waals surface area contributed by atoms with E-state index < -0.39 is 0 Å². The van der Waals surface area contributed by atoms with Crippen LogP contribution in [0.3, 0.4) is 0 Å². The van der Waals surface area contributed by atoms with Crippen LogP contribution in [0, 0.1) is 6.92 Å². The summed E-state index contributed by atoms with van der Waals surface area (Å²) in [6.07, 6.45) is 0. The van der Waals surface area contributed by atoms with Crippen molar-refractivity contribution in [2.24, 2.45) is 5.73 Å². The second-order valence-electron chi connectivity index (χ2n) is 2.04. The molecule has 0 amide bonds. The molecule has 3 N–H and O–H groups in total. The second kappa shape index (κ2) is 2.62. The van der Waals surface area contributed by atoms with Crippen LogP contribution in [0.1, 0.15) is 11.5 Å². The molecular formula is C6H9N3O. The molecule has 0 radical (unpaired) electrons. The Morgan fingerprint density at radius 3 is 3.00 bits per heavy atom. The first-order valence-electron chi connectivity index (χ1n) is 2.99. The number of nitrogens with two attached hydrogens (primary N) is 1. The number of rotatable bonds is 1. The van der Waals surface area contributed by atoms with E-state index >= 15 is 0 Å². The van der Waals surface area contributed by atoms with Gasteiger partial charge in [0.1, 0.15) is 5.82 Å². The zero-order valence-corrected chi connectivity index (χ0v) is 5.72. The van der Waals surface area contributed by atoms with Gasteiger partial charge in [0.2, 0.25) is 0 Å². The second-order valence-corrected chi connectivity index (χ2v) is 2.04. The number of nitrogens with zero attached hydrogens (tertiary/aromatic N) is 1. The van der Waals surface area contributed by atoms with E-state index in [1.807, 2.05) is 0 Å². The third-order valence-corrected chi connectivity index (χ3v) is 1.11. The van der Waals surface area contributed by atoms with E-state index in [1.165, 1.54) is 6.07 Å². The van der Waals surface area contributed by atoms with Crippen LogP contribution in [0.2, 0.25) is 0 Å². The van der Waals surface area contributed by atoms with Crippen LogP contribution in [-0.2, 0) is 6.54 Å². The fraction of sp³-hybridized carbons (Fsp3) is 0.333. The highest BCUT2D eigenvalue weighted by Crippen LogP contribution is 1.86. The van der Waals surface area contributed by atoms with Crippen LogP contribution in [0.5, 0.6) is 0 Å². The molecule has 0 aliphatic carbocycles. The monoisotopic (exact) mass is 139 g/mol. The summed E-state index contributed by atoms with van der Waals surface area (Å²) in [4.78, 5) is 17.2. The molecule has 0 unspecified atom stereocenters. The summed E-state index contributed by atoms with van der Waals surface area (Å²) >= 11 is 0. The minimum absolute atomic E-state index is 0.145. The predicted molar refractivity (Wildman–Crippen MR) is 37.5 cm³/mol. The van der Waals surface area contributed by atoms with Crippen LogP contribution in [0.4, 0.5) is 0 Å². The molecule has 1 aromatic rings. The number of aromatic amines is 1. The fourth-order valence-electron chi connectivity index (χ4n) is 0.738. The third kappa shape index (κ3) is 1.41. The molecule has 0 fully saturated rings. The van der Waals surface area contributed by atoms with Crippen molar-refractivity contribution < 1.29 is 0 Å². The molecule has 0 spiro atoms. The minimum Gasteiger partial charge on any atom is -0.324 e. The number of hydrogen-bond acceptors (Lipinski definition) is 3. The van der Waals surface area contributed by atoms with Crippen molar-refractivity contribution in [1.82, 2.24) is 9.97 Å². The SMILES string of the molecule is Cc1cc(=O)[nH]c(CN)n1. The first kappa shape index (κ1) is 6.95. The van der Waals surface area contributed by atoms with Gasteiger partial charge in [-0.05, 0) is 6.92 Å². The Morgan fingerprint density at radius 2 is 2.50 bits per heavy atom. The van der Waals surface area contributed by atoms with E-state index in [-0.39, 0.29) is 12.1 Å². The summed E-state index contributed by atoms with van der Waals surface area (Å²) in [5, 5.41) is 0. The fourth-order valence-corrected chi connectivity index (χ4v) is 0.738. The Kier molecular flexibility index (Phi) is 1.82. The first-order chi connectivity index (χ1) is 4.72. The Morgan fingerprint density at radius 1 is 1.80 bits per heavy atom. The molecule has 0 aliphatic heterocycles. The molecule has 1 aromatic heterocycles. The van der Waals surface area contributed by atoms with E-state index in [0.717, 1.165) is 0 Å². The Hall–Kier alpha value is -1.16. The molecule has 1 heterocycles. The first-order valence-corrected chi connectivity index (χ1v) is 2.99. The van der Waals surface area contributed by atoms with Gasteiger partial charge in [-0.25, -0.2) is 4.98 Å². The van der Waals surface area contributed by atoms with Gasteiger partial charge in [-0.15, -0.1) is 0 Å². The minimum atomic E-state index is -0.145. The molecule has 0 saturated heterocycles. The average molecular weight is 139 g/mol. The summed E-state index contributed by atoms with van der Waals surface area (Å²) in [6, 6.07) is 1.43. The van der Waals surface area contributed by atoms with Crippen molar-refractivity contribution >= 4 is 0 Å².